The molecule has 0 spiro atoms. The summed E-state index contributed by atoms with van der Waals surface area (Å²) in [5.41, 5.74) is -0.246. The van der Waals surface area contributed by atoms with E-state index in [-0.39, 0.29) is 72.6 Å². The molecule has 11 heteroatoms. The summed E-state index contributed by atoms with van der Waals surface area (Å²) in [7, 11) is -3.85. The molecule has 0 radical (unpaired) electrons. The molecule has 2 aromatic carbocycles. The van der Waals surface area contributed by atoms with Crippen LogP contribution in [0.1, 0.15) is 17.9 Å². The zero-order valence-corrected chi connectivity index (χ0v) is 18.8. The molecule has 0 unspecified atom stereocenters. The van der Waals surface area contributed by atoms with Gasteiger partial charge in [0.1, 0.15) is 17.7 Å². The van der Waals surface area contributed by atoms with Gasteiger partial charge in [-0.3, -0.25) is 4.79 Å². The van der Waals surface area contributed by atoms with Crippen LogP contribution in [0.15, 0.2) is 58.0 Å². The molecule has 0 aliphatic carbocycles. The Labute approximate surface area is 195 Å². The van der Waals surface area contributed by atoms with Crippen LogP contribution in [0.5, 0.6) is 0 Å². The predicted octanol–water partition coefficient (Wildman–Crippen LogP) is 2.96. The van der Waals surface area contributed by atoms with Crippen LogP contribution in [-0.2, 0) is 21.2 Å². The molecule has 0 bridgehead atoms. The highest BCUT2D eigenvalue weighted by atomic mass is 32.2. The molecule has 8 nitrogen and oxygen atoms in total. The zero-order chi connectivity index (χ0) is 24.3. The number of aromatic nitrogens is 1. The summed E-state index contributed by atoms with van der Waals surface area (Å²) >= 11 is 0. The molecule has 1 aliphatic rings. The van der Waals surface area contributed by atoms with Crippen LogP contribution < -0.4 is 0 Å². The smallest absolute Gasteiger partial charge is 0.244 e. The van der Waals surface area contributed by atoms with Gasteiger partial charge >= 0.3 is 0 Å². The Morgan fingerprint density at radius 3 is 2.41 bits per heavy atom. The molecule has 34 heavy (non-hydrogen) atoms. The number of halogens is 2. The van der Waals surface area contributed by atoms with E-state index in [2.05, 4.69) is 4.98 Å². The van der Waals surface area contributed by atoms with Gasteiger partial charge < -0.3 is 9.32 Å². The van der Waals surface area contributed by atoms with Gasteiger partial charge in [0, 0.05) is 39.0 Å². The van der Waals surface area contributed by atoms with Crippen LogP contribution >= 0.6 is 0 Å². The largest absolute Gasteiger partial charge is 0.441 e. The Balaban J connectivity index is 1.34. The number of piperazine rings is 1. The molecule has 0 saturated carbocycles. The number of oxazole rings is 1. The molecule has 1 amide bonds. The summed E-state index contributed by atoms with van der Waals surface area (Å²) in [5.74, 6) is -1.66. The zero-order valence-electron chi connectivity index (χ0n) is 17.9. The Morgan fingerprint density at radius 1 is 1.06 bits per heavy atom. The topological polar surface area (TPSA) is 108 Å². The molecule has 4 rings (SSSR count). The lowest BCUT2D eigenvalue weighted by Gasteiger charge is -2.34. The Bertz CT molecular complexity index is 1340. The molecule has 0 N–H and O–H groups in total. The van der Waals surface area contributed by atoms with Gasteiger partial charge in [-0.25, -0.2) is 22.2 Å². The lowest BCUT2D eigenvalue weighted by Crippen LogP contribution is -2.50. The van der Waals surface area contributed by atoms with Crippen LogP contribution in [0.2, 0.25) is 0 Å². The van der Waals surface area contributed by atoms with Gasteiger partial charge in [0.05, 0.1) is 22.2 Å². The second-order valence-corrected chi connectivity index (χ2v) is 9.51. The van der Waals surface area contributed by atoms with Crippen molar-refractivity contribution >= 4 is 15.9 Å². The third-order valence-electron chi connectivity index (χ3n) is 5.53. The minimum Gasteiger partial charge on any atom is -0.441 e. The quantitative estimate of drug-likeness (QED) is 0.530. The van der Waals surface area contributed by atoms with Crippen LogP contribution in [0.25, 0.3) is 11.3 Å². The van der Waals surface area contributed by atoms with Gasteiger partial charge in [-0.2, -0.15) is 9.57 Å². The summed E-state index contributed by atoms with van der Waals surface area (Å²) in [5, 5.41) is 9.21. The van der Waals surface area contributed by atoms with Crippen molar-refractivity contribution < 1.29 is 26.4 Å². The van der Waals surface area contributed by atoms with Crippen molar-refractivity contribution in [2.75, 3.05) is 26.2 Å². The third-order valence-corrected chi connectivity index (χ3v) is 7.49. The van der Waals surface area contributed by atoms with Gasteiger partial charge in [0.25, 0.3) is 0 Å². The fraction of sp³-hybridized carbons (Fsp3) is 0.261. The number of carbonyl (C=O) groups is 1. The number of aryl methyl sites for hydroxylation is 1. The average molecular weight is 487 g/mol. The van der Waals surface area contributed by atoms with Gasteiger partial charge in [-0.15, -0.1) is 0 Å². The number of hydrogen-bond acceptors (Lipinski definition) is 6. The molecular weight excluding hydrogens is 466 g/mol. The summed E-state index contributed by atoms with van der Waals surface area (Å²) in [6.07, 6.45) is 1.39. The van der Waals surface area contributed by atoms with Crippen LogP contribution in [0.4, 0.5) is 8.78 Å². The molecule has 1 fully saturated rings. The van der Waals surface area contributed by atoms with E-state index < -0.39 is 21.7 Å². The second-order valence-electron chi connectivity index (χ2n) is 7.61. The van der Waals surface area contributed by atoms with Crippen molar-refractivity contribution in [3.05, 3.63) is 71.8 Å². The fourth-order valence-electron chi connectivity index (χ4n) is 3.75. The maximum atomic E-state index is 13.9. The highest BCUT2D eigenvalue weighted by Crippen LogP contribution is 2.27. The maximum Gasteiger partial charge on any atom is 0.244 e. The summed E-state index contributed by atoms with van der Waals surface area (Å²) in [6.45, 7) is 0.598. The highest BCUT2D eigenvalue weighted by molar-refractivity contribution is 7.89. The average Bonchev–Trinajstić information content (AvgIpc) is 3.31. The van der Waals surface area contributed by atoms with E-state index in [0.717, 1.165) is 12.1 Å². The molecule has 1 aliphatic heterocycles. The van der Waals surface area contributed by atoms with Crippen molar-refractivity contribution in [1.29, 1.82) is 5.26 Å². The van der Waals surface area contributed by atoms with Crippen molar-refractivity contribution in [2.24, 2.45) is 0 Å². The number of rotatable bonds is 6. The second kappa shape index (κ2) is 9.70. The van der Waals surface area contributed by atoms with E-state index in [1.165, 1.54) is 28.7 Å². The lowest BCUT2D eigenvalue weighted by molar-refractivity contribution is -0.132. The summed E-state index contributed by atoms with van der Waals surface area (Å²) in [6, 6.07) is 11.4. The number of sulfonamides is 1. The first kappa shape index (κ1) is 23.5. The third kappa shape index (κ3) is 4.69. The van der Waals surface area contributed by atoms with Crippen LogP contribution in [-0.4, -0.2) is 54.7 Å². The van der Waals surface area contributed by atoms with Crippen molar-refractivity contribution in [2.45, 2.75) is 17.7 Å². The Hall–Kier alpha value is -3.62. The van der Waals surface area contributed by atoms with E-state index >= 15 is 0 Å². The van der Waals surface area contributed by atoms with Crippen molar-refractivity contribution in [3.63, 3.8) is 0 Å². The monoisotopic (exact) mass is 486 g/mol. The Kier molecular flexibility index (Phi) is 6.72. The van der Waals surface area contributed by atoms with Gasteiger partial charge in [-0.1, -0.05) is 18.2 Å². The molecule has 176 valence electrons. The number of carbonyl (C=O) groups excluding carboxylic acids is 1. The normalized spacial score (nSPS) is 14.7. The summed E-state index contributed by atoms with van der Waals surface area (Å²) in [4.78, 5) is 18.1. The molecule has 3 aromatic rings. The van der Waals surface area contributed by atoms with Crippen molar-refractivity contribution in [3.8, 4) is 17.4 Å². The first-order valence-electron chi connectivity index (χ1n) is 10.5. The molecule has 2 heterocycles. The van der Waals surface area contributed by atoms with Gasteiger partial charge in [0.2, 0.25) is 15.9 Å². The van der Waals surface area contributed by atoms with Gasteiger partial charge in [-0.05, 0) is 24.3 Å². The first-order valence-corrected chi connectivity index (χ1v) is 11.9. The number of benzene rings is 2. The van der Waals surface area contributed by atoms with Gasteiger partial charge in [0.15, 0.2) is 11.7 Å². The first-order chi connectivity index (χ1) is 16.3. The lowest BCUT2D eigenvalue weighted by atomic mass is 10.1. The van der Waals surface area contributed by atoms with E-state index in [4.69, 9.17) is 4.42 Å². The number of amides is 1. The fourth-order valence-corrected chi connectivity index (χ4v) is 5.31. The standard InChI is InChI=1S/C23H20F2N4O4S/c24-17-5-3-6-18(25)23(17)19-15-27-21(33-19)8-9-22(30)28-10-12-29(13-11-28)34(31,32)20-7-2-1-4-16(20)14-26/h1-7,15H,8-13H2. The molecular formula is C23H20F2N4O4S. The predicted molar refractivity (Wildman–Crippen MR) is 117 cm³/mol. The number of nitrogens with zero attached hydrogens (tertiary/aromatic N) is 4. The maximum absolute atomic E-state index is 13.9. The minimum atomic E-state index is -3.85. The number of hydrogen-bond donors (Lipinski definition) is 0. The van der Waals surface area contributed by atoms with E-state index in [1.807, 2.05) is 6.07 Å². The van der Waals surface area contributed by atoms with Crippen LogP contribution in [0, 0.1) is 23.0 Å². The Morgan fingerprint density at radius 2 is 1.74 bits per heavy atom. The van der Waals surface area contributed by atoms with E-state index in [0.29, 0.717) is 0 Å². The van der Waals surface area contributed by atoms with E-state index in [1.54, 1.807) is 17.0 Å². The molecule has 0 atom stereocenters. The highest BCUT2D eigenvalue weighted by Gasteiger charge is 2.31. The SMILES string of the molecule is N#Cc1ccccc1S(=O)(=O)N1CCN(C(=O)CCc2ncc(-c3c(F)cccc3F)o2)CC1. The van der Waals surface area contributed by atoms with E-state index in [9.17, 15) is 27.3 Å². The van der Waals surface area contributed by atoms with Crippen LogP contribution in [0.3, 0.4) is 0 Å². The summed E-state index contributed by atoms with van der Waals surface area (Å²) < 4.78 is 60.4. The number of nitriles is 1. The molecule has 1 saturated heterocycles. The minimum absolute atomic E-state index is 0.0454. The molecule has 1 aromatic heterocycles. The van der Waals surface area contributed by atoms with Crippen molar-refractivity contribution in [1.82, 2.24) is 14.2 Å².